The van der Waals surface area contributed by atoms with Crippen molar-refractivity contribution < 1.29 is 31.8 Å². The summed E-state index contributed by atoms with van der Waals surface area (Å²) in [6.45, 7) is 5.23. The number of nitrogens with zero attached hydrogens (tertiary/aromatic N) is 3. The lowest BCUT2D eigenvalue weighted by molar-refractivity contribution is -0.192. The summed E-state index contributed by atoms with van der Waals surface area (Å²) in [6.07, 6.45) is -1.27. The van der Waals surface area contributed by atoms with Gasteiger partial charge in [0.15, 0.2) is 5.82 Å². The monoisotopic (exact) mass is 431 g/mol. The van der Waals surface area contributed by atoms with Gasteiger partial charge in [-0.1, -0.05) is 6.08 Å². The summed E-state index contributed by atoms with van der Waals surface area (Å²) in [5.41, 5.74) is 4.96. The van der Waals surface area contributed by atoms with Gasteiger partial charge in [0, 0.05) is 25.0 Å². The van der Waals surface area contributed by atoms with Crippen LogP contribution in [0.5, 0.6) is 0 Å². The number of aromatic amines is 1. The van der Waals surface area contributed by atoms with E-state index in [0.717, 1.165) is 34.0 Å². The molecule has 1 atom stereocenters. The summed E-state index contributed by atoms with van der Waals surface area (Å²) >= 11 is -2.05. The Labute approximate surface area is 166 Å². The Morgan fingerprint density at radius 2 is 2.07 bits per heavy atom. The van der Waals surface area contributed by atoms with Crippen molar-refractivity contribution in [3.8, 4) is 11.5 Å². The fourth-order valence-corrected chi connectivity index (χ4v) is 2.99. The Balaban J connectivity index is 0.000000370. The molecule has 0 amide bonds. The Hall–Kier alpha value is -2.57. The highest BCUT2D eigenvalue weighted by Gasteiger charge is 2.38. The highest BCUT2D eigenvalue weighted by Crippen LogP contribution is 2.24. The average molecular weight is 431 g/mol. The molecule has 2 N–H and O–H groups in total. The zero-order valence-electron chi connectivity index (χ0n) is 15.5. The normalized spacial score (nSPS) is 15.4. The lowest BCUT2D eigenvalue weighted by atomic mass is 10.1. The summed E-state index contributed by atoms with van der Waals surface area (Å²) < 4.78 is 53.3. The van der Waals surface area contributed by atoms with E-state index in [9.17, 15) is 21.9 Å². The van der Waals surface area contributed by atoms with Gasteiger partial charge in [0.2, 0.25) is 0 Å². The fraction of sp³-hybridized carbons (Fsp3) is 0.353. The second-order valence-electron chi connectivity index (χ2n) is 6.20. The third kappa shape index (κ3) is 6.48. The molecule has 0 saturated heterocycles. The van der Waals surface area contributed by atoms with E-state index in [1.165, 1.54) is 0 Å². The predicted molar refractivity (Wildman–Crippen MR) is 98.3 cm³/mol. The number of alkyl halides is 3. The number of aliphatic carboxylic acids is 1. The number of hydrogen-bond donors (Lipinski definition) is 2. The Bertz CT molecular complexity index is 923. The SMILES string of the molecule is Cc1nc(-c2cc(C3=CCN(CS(=O)[O-])C3)ccn2)[nH]c1C.O=C(O)C(F)(F)F. The van der Waals surface area contributed by atoms with Crippen LogP contribution in [0, 0.1) is 13.8 Å². The Kier molecular flexibility index (Phi) is 7.27. The highest BCUT2D eigenvalue weighted by atomic mass is 32.2. The van der Waals surface area contributed by atoms with Gasteiger partial charge in [0.05, 0.1) is 11.6 Å². The van der Waals surface area contributed by atoms with Gasteiger partial charge in [0.25, 0.3) is 0 Å². The number of carboxylic acid groups (broad SMARTS) is 1. The smallest absolute Gasteiger partial charge is 0.490 e. The van der Waals surface area contributed by atoms with E-state index < -0.39 is 23.2 Å². The number of carbonyl (C=O) groups is 1. The molecule has 1 aliphatic heterocycles. The maximum absolute atomic E-state index is 10.8. The van der Waals surface area contributed by atoms with Crippen LogP contribution in [0.2, 0.25) is 0 Å². The molecule has 0 aromatic carbocycles. The van der Waals surface area contributed by atoms with Gasteiger partial charge >= 0.3 is 12.1 Å². The number of hydrogen-bond acceptors (Lipinski definition) is 6. The molecule has 0 aliphatic carbocycles. The van der Waals surface area contributed by atoms with E-state index in [4.69, 9.17) is 9.90 Å². The zero-order chi connectivity index (χ0) is 21.8. The number of imidazole rings is 1. The number of nitrogens with one attached hydrogen (secondary N) is 1. The number of rotatable bonds is 4. The van der Waals surface area contributed by atoms with Gasteiger partial charge in [-0.05, 0) is 48.2 Å². The van der Waals surface area contributed by atoms with E-state index in [2.05, 4.69) is 21.0 Å². The molecular formula is C17H18F3N4O4S-. The molecule has 1 unspecified atom stereocenters. The minimum absolute atomic E-state index is 0.0640. The van der Waals surface area contributed by atoms with Gasteiger partial charge in [-0.3, -0.25) is 14.1 Å². The summed E-state index contributed by atoms with van der Waals surface area (Å²) in [6, 6.07) is 3.93. The molecular weight excluding hydrogens is 413 g/mol. The van der Waals surface area contributed by atoms with Crippen molar-refractivity contribution in [3.63, 3.8) is 0 Å². The van der Waals surface area contributed by atoms with Crippen LogP contribution in [-0.2, 0) is 15.9 Å². The first kappa shape index (κ1) is 22.7. The fourth-order valence-electron chi connectivity index (χ4n) is 2.49. The molecule has 0 fully saturated rings. The quantitative estimate of drug-likeness (QED) is 0.712. The average Bonchev–Trinajstić information content (AvgIpc) is 3.21. The first-order chi connectivity index (χ1) is 13.5. The second kappa shape index (κ2) is 9.29. The molecule has 1 aliphatic rings. The van der Waals surface area contributed by atoms with Crippen LogP contribution < -0.4 is 0 Å². The van der Waals surface area contributed by atoms with Crippen molar-refractivity contribution in [3.05, 3.63) is 41.4 Å². The van der Waals surface area contributed by atoms with Crippen molar-refractivity contribution in [2.75, 3.05) is 19.0 Å². The highest BCUT2D eigenvalue weighted by molar-refractivity contribution is 7.79. The topological polar surface area (TPSA) is 122 Å². The molecule has 2 aromatic rings. The van der Waals surface area contributed by atoms with Crippen molar-refractivity contribution >= 4 is 22.6 Å². The minimum Gasteiger partial charge on any atom is -0.771 e. The standard InChI is InChI=1S/C15H18N4O2S.C2HF3O2/c1-10-11(2)18-15(17-10)14-7-12(3-5-16-14)13-4-6-19(8-13)9-22(20)21;3-2(4,5)1(6)7/h3-5,7H,6,8-9H2,1-2H3,(H,17,18)(H,20,21);(H,6,7)/p-1. The van der Waals surface area contributed by atoms with Crippen molar-refractivity contribution in [2.24, 2.45) is 0 Å². The number of aromatic nitrogens is 3. The van der Waals surface area contributed by atoms with Crippen LogP contribution in [0.1, 0.15) is 17.0 Å². The predicted octanol–water partition coefficient (Wildman–Crippen LogP) is 2.26. The van der Waals surface area contributed by atoms with Gasteiger partial charge in [-0.15, -0.1) is 0 Å². The van der Waals surface area contributed by atoms with Gasteiger partial charge in [-0.25, -0.2) is 9.78 Å². The molecule has 0 radical (unpaired) electrons. The summed E-state index contributed by atoms with van der Waals surface area (Å²) in [5.74, 6) is -1.94. The minimum atomic E-state index is -5.08. The number of pyridine rings is 1. The van der Waals surface area contributed by atoms with Crippen molar-refractivity contribution in [2.45, 2.75) is 20.0 Å². The molecule has 2 aromatic heterocycles. The van der Waals surface area contributed by atoms with Crippen LogP contribution >= 0.6 is 0 Å². The third-order valence-electron chi connectivity index (χ3n) is 4.02. The van der Waals surface area contributed by atoms with E-state index in [1.807, 2.05) is 30.9 Å². The van der Waals surface area contributed by atoms with Crippen LogP contribution in [-0.4, -0.2) is 64.8 Å². The maximum atomic E-state index is 10.8. The molecule has 29 heavy (non-hydrogen) atoms. The summed E-state index contributed by atoms with van der Waals surface area (Å²) in [4.78, 5) is 22.8. The van der Waals surface area contributed by atoms with E-state index >= 15 is 0 Å². The summed E-state index contributed by atoms with van der Waals surface area (Å²) in [7, 11) is 0. The van der Waals surface area contributed by atoms with E-state index in [1.54, 1.807) is 6.20 Å². The molecule has 158 valence electrons. The molecule has 12 heteroatoms. The number of halogens is 3. The number of aryl methyl sites for hydroxylation is 2. The molecule has 8 nitrogen and oxygen atoms in total. The zero-order valence-corrected chi connectivity index (χ0v) is 16.3. The van der Waals surface area contributed by atoms with E-state index in [-0.39, 0.29) is 5.88 Å². The van der Waals surface area contributed by atoms with Crippen LogP contribution in [0.4, 0.5) is 13.2 Å². The van der Waals surface area contributed by atoms with Crippen LogP contribution in [0.15, 0.2) is 24.4 Å². The van der Waals surface area contributed by atoms with E-state index in [0.29, 0.717) is 13.1 Å². The molecule has 0 bridgehead atoms. The van der Waals surface area contributed by atoms with Crippen molar-refractivity contribution in [1.29, 1.82) is 0 Å². The third-order valence-corrected chi connectivity index (χ3v) is 4.60. The molecule has 0 spiro atoms. The number of H-pyrrole nitrogens is 1. The summed E-state index contributed by atoms with van der Waals surface area (Å²) in [5, 5.41) is 7.12. The Morgan fingerprint density at radius 1 is 1.41 bits per heavy atom. The van der Waals surface area contributed by atoms with Gasteiger partial charge in [-0.2, -0.15) is 13.2 Å². The first-order valence-corrected chi connectivity index (χ1v) is 9.49. The van der Waals surface area contributed by atoms with Gasteiger partial charge < -0.3 is 14.6 Å². The Morgan fingerprint density at radius 3 is 2.59 bits per heavy atom. The largest absolute Gasteiger partial charge is 0.771 e. The lowest BCUT2D eigenvalue weighted by Gasteiger charge is -2.17. The van der Waals surface area contributed by atoms with Crippen molar-refractivity contribution in [1.82, 2.24) is 19.9 Å². The second-order valence-corrected chi connectivity index (χ2v) is 7.07. The lowest BCUT2D eigenvalue weighted by Crippen LogP contribution is -2.24. The molecule has 3 rings (SSSR count). The first-order valence-electron chi connectivity index (χ1n) is 8.24. The molecule has 3 heterocycles. The number of carboxylic acids is 1. The maximum Gasteiger partial charge on any atom is 0.490 e. The molecule has 0 saturated carbocycles. The van der Waals surface area contributed by atoms with Crippen LogP contribution in [0.25, 0.3) is 17.1 Å². The van der Waals surface area contributed by atoms with Crippen LogP contribution in [0.3, 0.4) is 0 Å². The van der Waals surface area contributed by atoms with Gasteiger partial charge in [0.1, 0.15) is 5.69 Å².